The van der Waals surface area contributed by atoms with E-state index in [-0.39, 0.29) is 6.04 Å². The molecule has 0 spiro atoms. The molecular formula is C13H18N2O6. The molecule has 116 valence electrons. The number of carboxylic acids is 2. The Balaban J connectivity index is 0.000000212. The summed E-state index contributed by atoms with van der Waals surface area (Å²) in [4.78, 5) is 23.8. The van der Waals surface area contributed by atoms with Gasteiger partial charge in [-0.15, -0.1) is 0 Å². The van der Waals surface area contributed by atoms with E-state index in [0.717, 1.165) is 18.5 Å². The number of fused-ring (bicyclic) bond motifs is 1. The molecule has 0 bridgehead atoms. The minimum absolute atomic E-state index is 0.181. The van der Waals surface area contributed by atoms with Crippen molar-refractivity contribution in [2.24, 2.45) is 5.73 Å². The largest absolute Gasteiger partial charge is 0.479 e. The number of aliphatic hydroxyl groups is 2. The third kappa shape index (κ3) is 4.78. The first kappa shape index (κ1) is 17.0. The van der Waals surface area contributed by atoms with Crippen LogP contribution in [0.4, 0.5) is 0 Å². The molecule has 0 saturated carbocycles. The second-order valence-electron chi connectivity index (χ2n) is 4.61. The summed E-state index contributed by atoms with van der Waals surface area (Å²) < 4.78 is 0. The number of pyridine rings is 1. The molecule has 0 amide bonds. The second-order valence-corrected chi connectivity index (χ2v) is 4.61. The van der Waals surface area contributed by atoms with Gasteiger partial charge >= 0.3 is 11.9 Å². The van der Waals surface area contributed by atoms with Crippen molar-refractivity contribution in [2.45, 2.75) is 37.5 Å². The molecular weight excluding hydrogens is 280 g/mol. The lowest BCUT2D eigenvalue weighted by molar-refractivity contribution is -0.165. The standard InChI is InChI=1S/C9H12N2.C4H6O6/c10-8-5-1-3-7-4-2-6-11-9(7)8;5-1(3(7)8)2(6)4(9)10/h2,4,6,8H,1,3,5,10H2;1-2,5-6H,(H,7,8)(H,9,10). The maximum absolute atomic E-state index is 9.77. The number of aromatic nitrogens is 1. The molecule has 0 radical (unpaired) electrons. The van der Waals surface area contributed by atoms with E-state index >= 15 is 0 Å². The highest BCUT2D eigenvalue weighted by atomic mass is 16.4. The predicted octanol–water partition coefficient (Wildman–Crippen LogP) is -0.705. The van der Waals surface area contributed by atoms with E-state index in [1.807, 2.05) is 12.3 Å². The highest BCUT2D eigenvalue weighted by Gasteiger charge is 2.29. The summed E-state index contributed by atoms with van der Waals surface area (Å²) >= 11 is 0. The van der Waals surface area contributed by atoms with Crippen LogP contribution in [0.25, 0.3) is 0 Å². The van der Waals surface area contributed by atoms with Gasteiger partial charge in [0.2, 0.25) is 0 Å². The first-order chi connectivity index (χ1) is 9.84. The fraction of sp³-hybridized carbons (Fsp3) is 0.462. The lowest BCUT2D eigenvalue weighted by atomic mass is 9.93. The van der Waals surface area contributed by atoms with E-state index in [1.165, 1.54) is 12.0 Å². The van der Waals surface area contributed by atoms with E-state index in [1.54, 1.807) is 0 Å². The molecule has 1 aromatic heterocycles. The molecule has 0 saturated heterocycles. The van der Waals surface area contributed by atoms with E-state index < -0.39 is 24.1 Å². The maximum Gasteiger partial charge on any atom is 0.335 e. The Morgan fingerprint density at radius 3 is 2.29 bits per heavy atom. The number of rotatable bonds is 3. The number of hydrogen-bond acceptors (Lipinski definition) is 6. The van der Waals surface area contributed by atoms with Crippen LogP contribution >= 0.6 is 0 Å². The third-order valence-electron chi connectivity index (χ3n) is 3.04. The van der Waals surface area contributed by atoms with Gasteiger partial charge in [0, 0.05) is 12.2 Å². The Hall–Kier alpha value is -2.03. The van der Waals surface area contributed by atoms with Gasteiger partial charge in [0.05, 0.1) is 5.69 Å². The highest BCUT2D eigenvalue weighted by Crippen LogP contribution is 2.24. The number of aryl methyl sites for hydroxylation is 1. The fourth-order valence-corrected chi connectivity index (χ4v) is 1.92. The zero-order valence-electron chi connectivity index (χ0n) is 11.2. The zero-order chi connectivity index (χ0) is 16.0. The Labute approximate surface area is 120 Å². The number of aliphatic hydroxyl groups excluding tert-OH is 2. The van der Waals surface area contributed by atoms with Crippen LogP contribution in [0, 0.1) is 0 Å². The third-order valence-corrected chi connectivity index (χ3v) is 3.04. The first-order valence-corrected chi connectivity index (χ1v) is 6.35. The van der Waals surface area contributed by atoms with Gasteiger partial charge in [0.15, 0.2) is 12.2 Å². The van der Waals surface area contributed by atoms with Crippen molar-refractivity contribution < 1.29 is 30.0 Å². The van der Waals surface area contributed by atoms with E-state index in [0.29, 0.717) is 0 Å². The molecule has 0 aliphatic heterocycles. The molecule has 1 heterocycles. The molecule has 0 fully saturated rings. The molecule has 3 atom stereocenters. The average molecular weight is 298 g/mol. The number of carboxylic acid groups (broad SMARTS) is 2. The molecule has 1 aliphatic rings. The van der Waals surface area contributed by atoms with Gasteiger partial charge in [-0.2, -0.15) is 0 Å². The minimum atomic E-state index is -2.27. The Bertz CT molecular complexity index is 489. The molecule has 1 aromatic rings. The summed E-state index contributed by atoms with van der Waals surface area (Å²) in [6.45, 7) is 0. The van der Waals surface area contributed by atoms with Gasteiger partial charge in [0.25, 0.3) is 0 Å². The summed E-state index contributed by atoms with van der Waals surface area (Å²) in [5.74, 6) is -3.54. The number of aliphatic carboxylic acids is 2. The molecule has 1 aliphatic carbocycles. The zero-order valence-corrected chi connectivity index (χ0v) is 11.2. The van der Waals surface area contributed by atoms with Crippen LogP contribution in [0.15, 0.2) is 18.3 Å². The normalized spacial score (nSPS) is 19.5. The van der Waals surface area contributed by atoms with Crippen molar-refractivity contribution in [3.63, 3.8) is 0 Å². The Morgan fingerprint density at radius 2 is 1.81 bits per heavy atom. The van der Waals surface area contributed by atoms with Gasteiger partial charge in [-0.3, -0.25) is 4.98 Å². The van der Waals surface area contributed by atoms with Crippen molar-refractivity contribution in [2.75, 3.05) is 0 Å². The quantitative estimate of drug-likeness (QED) is 0.490. The van der Waals surface area contributed by atoms with E-state index in [9.17, 15) is 9.59 Å². The fourth-order valence-electron chi connectivity index (χ4n) is 1.92. The summed E-state index contributed by atoms with van der Waals surface area (Å²) in [6, 6.07) is 4.29. The van der Waals surface area contributed by atoms with Crippen molar-refractivity contribution in [1.29, 1.82) is 0 Å². The number of nitrogens with zero attached hydrogens (tertiary/aromatic N) is 1. The van der Waals surface area contributed by atoms with Crippen LogP contribution in [0.5, 0.6) is 0 Å². The lowest BCUT2D eigenvalue weighted by Crippen LogP contribution is -2.39. The maximum atomic E-state index is 9.77. The molecule has 6 N–H and O–H groups in total. The van der Waals surface area contributed by atoms with Crippen molar-refractivity contribution >= 4 is 11.9 Å². The van der Waals surface area contributed by atoms with Crippen molar-refractivity contribution in [3.05, 3.63) is 29.6 Å². The van der Waals surface area contributed by atoms with Gasteiger partial charge in [-0.05, 0) is 30.9 Å². The smallest absolute Gasteiger partial charge is 0.335 e. The Morgan fingerprint density at radius 1 is 1.24 bits per heavy atom. The molecule has 21 heavy (non-hydrogen) atoms. The monoisotopic (exact) mass is 298 g/mol. The summed E-state index contributed by atoms with van der Waals surface area (Å²) in [6.07, 6.45) is 0.736. The highest BCUT2D eigenvalue weighted by molar-refractivity contribution is 5.83. The first-order valence-electron chi connectivity index (χ1n) is 6.35. The van der Waals surface area contributed by atoms with E-state index in [4.69, 9.17) is 26.2 Å². The van der Waals surface area contributed by atoms with Crippen molar-refractivity contribution in [3.8, 4) is 0 Å². The van der Waals surface area contributed by atoms with Crippen LogP contribution < -0.4 is 5.73 Å². The van der Waals surface area contributed by atoms with Crippen LogP contribution in [-0.2, 0) is 16.0 Å². The van der Waals surface area contributed by atoms with E-state index in [2.05, 4.69) is 11.1 Å². The average Bonchev–Trinajstić information content (AvgIpc) is 2.46. The van der Waals surface area contributed by atoms with Gasteiger partial charge in [0.1, 0.15) is 0 Å². The number of hydrogen-bond donors (Lipinski definition) is 5. The SMILES string of the molecule is NC1CCCc2cccnc21.O=C(O)C(O)C(O)C(=O)O. The number of carbonyl (C=O) groups is 2. The summed E-state index contributed by atoms with van der Waals surface area (Å²) in [5, 5.41) is 32.5. The molecule has 8 nitrogen and oxygen atoms in total. The summed E-state index contributed by atoms with van der Waals surface area (Å²) in [7, 11) is 0. The lowest BCUT2D eigenvalue weighted by Gasteiger charge is -2.19. The second kappa shape index (κ2) is 7.67. The minimum Gasteiger partial charge on any atom is -0.479 e. The van der Waals surface area contributed by atoms with Crippen LogP contribution in [0.2, 0.25) is 0 Å². The topological polar surface area (TPSA) is 154 Å². The molecule has 0 aromatic carbocycles. The van der Waals surface area contributed by atoms with Crippen LogP contribution in [0.1, 0.15) is 30.1 Å². The number of nitrogens with two attached hydrogens (primary N) is 1. The van der Waals surface area contributed by atoms with Gasteiger partial charge in [-0.25, -0.2) is 9.59 Å². The van der Waals surface area contributed by atoms with Gasteiger partial charge in [-0.1, -0.05) is 6.07 Å². The molecule has 3 unspecified atom stereocenters. The van der Waals surface area contributed by atoms with Crippen LogP contribution in [0.3, 0.4) is 0 Å². The predicted molar refractivity (Wildman–Crippen MR) is 71.4 cm³/mol. The molecule has 2 rings (SSSR count). The van der Waals surface area contributed by atoms with Gasteiger partial charge < -0.3 is 26.2 Å². The summed E-state index contributed by atoms with van der Waals surface area (Å²) in [5.41, 5.74) is 8.33. The molecule has 8 heteroatoms. The van der Waals surface area contributed by atoms with Crippen molar-refractivity contribution in [1.82, 2.24) is 4.98 Å². The Kier molecular flexibility index (Phi) is 6.22. The van der Waals surface area contributed by atoms with Crippen LogP contribution in [-0.4, -0.2) is 49.6 Å².